The minimum atomic E-state index is -0.837. The van der Waals surface area contributed by atoms with Gasteiger partial charge in [0.2, 0.25) is 5.91 Å². The van der Waals surface area contributed by atoms with Gasteiger partial charge in [0.25, 0.3) is 5.91 Å². The minimum Gasteiger partial charge on any atom is -0.479 e. The van der Waals surface area contributed by atoms with E-state index in [0.29, 0.717) is 21.5 Å². The van der Waals surface area contributed by atoms with E-state index in [1.165, 1.54) is 18.2 Å². The van der Waals surface area contributed by atoms with Gasteiger partial charge in [0, 0.05) is 10.7 Å². The van der Waals surface area contributed by atoms with E-state index >= 15 is 0 Å². The van der Waals surface area contributed by atoms with Crippen LogP contribution in [0, 0.1) is 0 Å². The number of rotatable bonds is 5. The number of primary amides is 1. The van der Waals surface area contributed by atoms with Gasteiger partial charge in [-0.1, -0.05) is 34.8 Å². The van der Waals surface area contributed by atoms with Crippen molar-refractivity contribution in [3.63, 3.8) is 0 Å². The van der Waals surface area contributed by atoms with E-state index in [-0.39, 0.29) is 10.6 Å². The van der Waals surface area contributed by atoms with Gasteiger partial charge >= 0.3 is 0 Å². The Bertz CT molecular complexity index is 796. The van der Waals surface area contributed by atoms with Crippen LogP contribution in [0.4, 0.5) is 5.69 Å². The summed E-state index contributed by atoms with van der Waals surface area (Å²) in [5.41, 5.74) is 5.70. The molecule has 0 fully saturated rings. The van der Waals surface area contributed by atoms with Gasteiger partial charge in [0.05, 0.1) is 15.6 Å². The van der Waals surface area contributed by atoms with Crippen LogP contribution in [0.5, 0.6) is 5.75 Å². The first-order valence-corrected chi connectivity index (χ1v) is 7.93. The average molecular weight is 388 g/mol. The van der Waals surface area contributed by atoms with Gasteiger partial charge in [0.1, 0.15) is 5.75 Å². The zero-order valence-electron chi connectivity index (χ0n) is 12.5. The normalized spacial score (nSPS) is 11.7. The fourth-order valence-corrected chi connectivity index (χ4v) is 2.51. The van der Waals surface area contributed by atoms with Crippen molar-refractivity contribution in [3.05, 3.63) is 57.0 Å². The number of ether oxygens (including phenoxy) is 1. The lowest BCUT2D eigenvalue weighted by atomic mass is 10.2. The van der Waals surface area contributed by atoms with Gasteiger partial charge in [0.15, 0.2) is 6.10 Å². The Morgan fingerprint density at radius 3 is 2.42 bits per heavy atom. The van der Waals surface area contributed by atoms with E-state index in [2.05, 4.69) is 5.32 Å². The van der Waals surface area contributed by atoms with Crippen LogP contribution in [0.2, 0.25) is 15.1 Å². The summed E-state index contributed by atoms with van der Waals surface area (Å²) >= 11 is 17.7. The third-order valence-corrected chi connectivity index (χ3v) is 3.93. The highest BCUT2D eigenvalue weighted by Crippen LogP contribution is 2.28. The number of carbonyl (C=O) groups is 2. The molecule has 24 heavy (non-hydrogen) atoms. The number of carbonyl (C=O) groups excluding carboxylic acids is 2. The smallest absolute Gasteiger partial charge is 0.265 e. The molecule has 2 aromatic rings. The Labute approximate surface area is 153 Å². The maximum Gasteiger partial charge on any atom is 0.265 e. The van der Waals surface area contributed by atoms with Crippen molar-refractivity contribution in [2.75, 3.05) is 5.32 Å². The van der Waals surface area contributed by atoms with Crippen molar-refractivity contribution in [2.45, 2.75) is 13.0 Å². The molecule has 0 bridgehead atoms. The summed E-state index contributed by atoms with van der Waals surface area (Å²) < 4.78 is 5.52. The molecule has 0 saturated carbocycles. The zero-order valence-corrected chi connectivity index (χ0v) is 14.7. The SMILES string of the molecule is CC(Oc1ccc(Cl)cc1Cl)C(=O)Nc1ccc(Cl)c(C(N)=O)c1. The van der Waals surface area contributed by atoms with Crippen LogP contribution in [-0.4, -0.2) is 17.9 Å². The Morgan fingerprint density at radius 2 is 1.79 bits per heavy atom. The fourth-order valence-electron chi connectivity index (χ4n) is 1.85. The number of nitrogens with one attached hydrogen (secondary N) is 1. The molecule has 2 amide bonds. The second-order valence-electron chi connectivity index (χ2n) is 4.88. The van der Waals surface area contributed by atoms with Crippen LogP contribution in [0.3, 0.4) is 0 Å². The van der Waals surface area contributed by atoms with Crippen LogP contribution in [0.25, 0.3) is 0 Å². The van der Waals surface area contributed by atoms with E-state index in [1.807, 2.05) is 0 Å². The summed E-state index contributed by atoms with van der Waals surface area (Å²) in [6, 6.07) is 9.10. The highest BCUT2D eigenvalue weighted by atomic mass is 35.5. The Balaban J connectivity index is 2.09. The summed E-state index contributed by atoms with van der Waals surface area (Å²) in [7, 11) is 0. The summed E-state index contributed by atoms with van der Waals surface area (Å²) in [6.45, 7) is 1.56. The zero-order chi connectivity index (χ0) is 17.9. The second-order valence-corrected chi connectivity index (χ2v) is 6.13. The molecule has 1 atom stereocenters. The Morgan fingerprint density at radius 1 is 1.08 bits per heavy atom. The lowest BCUT2D eigenvalue weighted by molar-refractivity contribution is -0.122. The van der Waals surface area contributed by atoms with Crippen LogP contribution in [0.15, 0.2) is 36.4 Å². The van der Waals surface area contributed by atoms with E-state index < -0.39 is 17.9 Å². The van der Waals surface area contributed by atoms with Gasteiger partial charge in [-0.25, -0.2) is 0 Å². The summed E-state index contributed by atoms with van der Waals surface area (Å²) in [6.07, 6.45) is -0.837. The first-order valence-electron chi connectivity index (χ1n) is 6.80. The lowest BCUT2D eigenvalue weighted by Crippen LogP contribution is -2.30. The lowest BCUT2D eigenvalue weighted by Gasteiger charge is -2.16. The largest absolute Gasteiger partial charge is 0.479 e. The molecule has 0 radical (unpaired) electrons. The number of nitrogens with two attached hydrogens (primary N) is 1. The standard InChI is InChI=1S/C16H13Cl3N2O3/c1-8(24-14-5-2-9(17)6-13(14)19)16(23)21-10-3-4-12(18)11(7-10)15(20)22/h2-8H,1H3,(H2,20,22)(H,21,23). The molecule has 0 aliphatic heterocycles. The van der Waals surface area contributed by atoms with Crippen molar-refractivity contribution < 1.29 is 14.3 Å². The van der Waals surface area contributed by atoms with Crippen molar-refractivity contribution >= 4 is 52.3 Å². The Kier molecular flexibility index (Phi) is 5.94. The predicted octanol–water partition coefficient (Wildman–Crippen LogP) is 4.15. The molecule has 0 aromatic heterocycles. The molecule has 8 heteroatoms. The molecule has 3 N–H and O–H groups in total. The number of anilines is 1. The molecule has 2 rings (SSSR count). The van der Waals surface area contributed by atoms with Gasteiger partial charge < -0.3 is 15.8 Å². The maximum absolute atomic E-state index is 12.2. The number of hydrogen-bond acceptors (Lipinski definition) is 3. The monoisotopic (exact) mass is 386 g/mol. The molecule has 0 saturated heterocycles. The van der Waals surface area contributed by atoms with Crippen LogP contribution < -0.4 is 15.8 Å². The Hall–Kier alpha value is -1.95. The van der Waals surface area contributed by atoms with Crippen molar-refractivity contribution in [2.24, 2.45) is 5.73 Å². The van der Waals surface area contributed by atoms with Crippen molar-refractivity contribution in [3.8, 4) is 5.75 Å². The summed E-state index contributed by atoms with van der Waals surface area (Å²) in [5, 5.41) is 3.58. The molecule has 1 unspecified atom stereocenters. The van der Waals surface area contributed by atoms with Crippen molar-refractivity contribution in [1.29, 1.82) is 0 Å². The fraction of sp³-hybridized carbons (Fsp3) is 0.125. The second kappa shape index (κ2) is 7.75. The quantitative estimate of drug-likeness (QED) is 0.808. The maximum atomic E-state index is 12.2. The van der Waals surface area contributed by atoms with Crippen LogP contribution in [0.1, 0.15) is 17.3 Å². The van der Waals surface area contributed by atoms with Gasteiger partial charge in [-0.15, -0.1) is 0 Å². The first-order chi connectivity index (χ1) is 11.3. The number of amides is 2. The van der Waals surface area contributed by atoms with Crippen LogP contribution in [-0.2, 0) is 4.79 Å². The van der Waals surface area contributed by atoms with Gasteiger partial charge in [-0.3, -0.25) is 9.59 Å². The average Bonchev–Trinajstić information content (AvgIpc) is 2.51. The molecule has 2 aromatic carbocycles. The topological polar surface area (TPSA) is 81.4 Å². The number of halogens is 3. The minimum absolute atomic E-state index is 0.115. The predicted molar refractivity (Wildman–Crippen MR) is 95.2 cm³/mol. The summed E-state index contributed by atoms with van der Waals surface area (Å²) in [4.78, 5) is 23.5. The summed E-state index contributed by atoms with van der Waals surface area (Å²) in [5.74, 6) is -0.787. The van der Waals surface area contributed by atoms with Gasteiger partial charge in [-0.2, -0.15) is 0 Å². The molecule has 126 valence electrons. The molecular formula is C16H13Cl3N2O3. The highest BCUT2D eigenvalue weighted by Gasteiger charge is 2.17. The van der Waals surface area contributed by atoms with E-state index in [0.717, 1.165) is 0 Å². The molecule has 0 aliphatic carbocycles. The van der Waals surface area contributed by atoms with Crippen LogP contribution >= 0.6 is 34.8 Å². The number of benzene rings is 2. The first kappa shape index (κ1) is 18.4. The third-order valence-electron chi connectivity index (χ3n) is 3.07. The van der Waals surface area contributed by atoms with E-state index in [9.17, 15) is 9.59 Å². The highest BCUT2D eigenvalue weighted by molar-refractivity contribution is 6.35. The molecular weight excluding hydrogens is 375 g/mol. The molecule has 0 spiro atoms. The number of hydrogen-bond donors (Lipinski definition) is 2. The molecule has 0 aliphatic rings. The third kappa shape index (κ3) is 4.54. The van der Waals surface area contributed by atoms with E-state index in [1.54, 1.807) is 25.1 Å². The van der Waals surface area contributed by atoms with Crippen molar-refractivity contribution in [1.82, 2.24) is 0 Å². The molecule has 5 nitrogen and oxygen atoms in total. The van der Waals surface area contributed by atoms with E-state index in [4.69, 9.17) is 45.3 Å². The molecule has 0 heterocycles. The van der Waals surface area contributed by atoms with Gasteiger partial charge in [-0.05, 0) is 43.3 Å².